The Balaban J connectivity index is 2.51. The van der Waals surface area contributed by atoms with E-state index in [1.54, 1.807) is 11.8 Å². The summed E-state index contributed by atoms with van der Waals surface area (Å²) in [4.78, 5) is 6.83. The summed E-state index contributed by atoms with van der Waals surface area (Å²) in [6, 6.07) is 4.07. The maximum atomic E-state index is 5.93. The number of pyridine rings is 1. The highest BCUT2D eigenvalue weighted by Crippen LogP contribution is 2.23. The second-order valence-electron chi connectivity index (χ2n) is 4.06. The van der Waals surface area contributed by atoms with Crippen LogP contribution in [0.15, 0.2) is 23.4 Å². The minimum atomic E-state index is 0.0552. The SMILES string of the molecule is CCN(CC)CCSc1ncccc1C(C)N. The van der Waals surface area contributed by atoms with Crippen LogP contribution in [-0.4, -0.2) is 35.3 Å². The first kappa shape index (κ1) is 14.5. The molecule has 0 saturated heterocycles. The fraction of sp³-hybridized carbons (Fsp3) is 0.615. The quantitative estimate of drug-likeness (QED) is 0.758. The van der Waals surface area contributed by atoms with Crippen molar-refractivity contribution in [3.05, 3.63) is 23.9 Å². The lowest BCUT2D eigenvalue weighted by atomic mass is 10.2. The van der Waals surface area contributed by atoms with E-state index in [9.17, 15) is 0 Å². The zero-order valence-electron chi connectivity index (χ0n) is 11.0. The number of aromatic nitrogens is 1. The highest BCUT2D eigenvalue weighted by molar-refractivity contribution is 7.99. The van der Waals surface area contributed by atoms with Crippen LogP contribution >= 0.6 is 11.8 Å². The summed E-state index contributed by atoms with van der Waals surface area (Å²) in [6.45, 7) is 9.72. The lowest BCUT2D eigenvalue weighted by molar-refractivity contribution is 0.324. The molecule has 1 aromatic rings. The highest BCUT2D eigenvalue weighted by atomic mass is 32.2. The third kappa shape index (κ3) is 4.66. The first-order valence-corrected chi connectivity index (χ1v) is 7.23. The van der Waals surface area contributed by atoms with E-state index in [1.165, 1.54) is 0 Å². The minimum absolute atomic E-state index is 0.0552. The summed E-state index contributed by atoms with van der Waals surface area (Å²) in [5.41, 5.74) is 7.08. The molecule has 1 atom stereocenters. The Morgan fingerprint density at radius 3 is 2.71 bits per heavy atom. The van der Waals surface area contributed by atoms with E-state index < -0.39 is 0 Å². The predicted molar refractivity (Wildman–Crippen MR) is 75.4 cm³/mol. The van der Waals surface area contributed by atoms with Gasteiger partial charge >= 0.3 is 0 Å². The van der Waals surface area contributed by atoms with Gasteiger partial charge in [-0.1, -0.05) is 19.9 Å². The third-order valence-corrected chi connectivity index (χ3v) is 3.83. The second-order valence-corrected chi connectivity index (χ2v) is 5.15. The third-order valence-electron chi connectivity index (χ3n) is 2.83. The molecule has 0 amide bonds. The summed E-state index contributed by atoms with van der Waals surface area (Å²) >= 11 is 1.80. The summed E-state index contributed by atoms with van der Waals surface area (Å²) < 4.78 is 0. The maximum Gasteiger partial charge on any atom is 0.101 e. The Kier molecular flexibility index (Phi) is 6.55. The van der Waals surface area contributed by atoms with Gasteiger partial charge in [0.2, 0.25) is 0 Å². The number of rotatable bonds is 7. The molecule has 4 heteroatoms. The smallest absolute Gasteiger partial charge is 0.101 e. The standard InChI is InChI=1S/C13H23N3S/c1-4-16(5-2)9-10-17-13-12(11(3)14)7-6-8-15-13/h6-8,11H,4-5,9-10,14H2,1-3H3. The van der Waals surface area contributed by atoms with Crippen molar-refractivity contribution in [3.8, 4) is 0 Å². The van der Waals surface area contributed by atoms with Crippen LogP contribution in [0.4, 0.5) is 0 Å². The summed E-state index contributed by atoms with van der Waals surface area (Å²) in [5, 5.41) is 1.08. The summed E-state index contributed by atoms with van der Waals surface area (Å²) in [7, 11) is 0. The molecule has 0 radical (unpaired) electrons. The normalized spacial score (nSPS) is 13.0. The van der Waals surface area contributed by atoms with Crippen LogP contribution in [0.2, 0.25) is 0 Å². The van der Waals surface area contributed by atoms with E-state index in [1.807, 2.05) is 19.2 Å². The first-order valence-electron chi connectivity index (χ1n) is 6.24. The molecule has 0 saturated carbocycles. The molecule has 17 heavy (non-hydrogen) atoms. The van der Waals surface area contributed by atoms with E-state index in [0.29, 0.717) is 0 Å². The van der Waals surface area contributed by atoms with Gasteiger partial charge in [0.25, 0.3) is 0 Å². The molecule has 0 aliphatic rings. The molecule has 1 heterocycles. The highest BCUT2D eigenvalue weighted by Gasteiger charge is 2.08. The fourth-order valence-electron chi connectivity index (χ4n) is 1.68. The molecule has 0 aromatic carbocycles. The van der Waals surface area contributed by atoms with Crippen LogP contribution in [0.3, 0.4) is 0 Å². The van der Waals surface area contributed by atoms with Gasteiger partial charge in [-0.2, -0.15) is 0 Å². The predicted octanol–water partition coefficient (Wildman–Crippen LogP) is 2.54. The lowest BCUT2D eigenvalue weighted by Gasteiger charge is -2.18. The van der Waals surface area contributed by atoms with Gasteiger partial charge in [0.15, 0.2) is 0 Å². The zero-order chi connectivity index (χ0) is 12.7. The topological polar surface area (TPSA) is 42.2 Å². The average molecular weight is 253 g/mol. The molecule has 1 aromatic heterocycles. The Bertz CT molecular complexity index is 324. The van der Waals surface area contributed by atoms with E-state index in [0.717, 1.165) is 36.0 Å². The number of nitrogens with two attached hydrogens (primary N) is 1. The molecule has 96 valence electrons. The lowest BCUT2D eigenvalue weighted by Crippen LogP contribution is -2.25. The average Bonchev–Trinajstić information content (AvgIpc) is 2.35. The van der Waals surface area contributed by atoms with Crippen molar-refractivity contribution in [2.24, 2.45) is 5.73 Å². The molecule has 0 bridgehead atoms. The van der Waals surface area contributed by atoms with Crippen LogP contribution in [-0.2, 0) is 0 Å². The van der Waals surface area contributed by atoms with Crippen molar-refractivity contribution in [1.82, 2.24) is 9.88 Å². The van der Waals surface area contributed by atoms with Gasteiger partial charge in [-0.05, 0) is 26.1 Å². The van der Waals surface area contributed by atoms with Gasteiger partial charge in [-0.25, -0.2) is 4.98 Å². The van der Waals surface area contributed by atoms with Gasteiger partial charge in [0.05, 0.1) is 0 Å². The molecular formula is C13H23N3S. The van der Waals surface area contributed by atoms with Crippen LogP contribution in [0.5, 0.6) is 0 Å². The van der Waals surface area contributed by atoms with Crippen LogP contribution in [0, 0.1) is 0 Å². The van der Waals surface area contributed by atoms with Gasteiger partial charge < -0.3 is 10.6 Å². The van der Waals surface area contributed by atoms with Gasteiger partial charge in [0, 0.05) is 30.1 Å². The molecule has 3 nitrogen and oxygen atoms in total. The van der Waals surface area contributed by atoms with Crippen LogP contribution in [0.1, 0.15) is 32.4 Å². The summed E-state index contributed by atoms with van der Waals surface area (Å²) in [5.74, 6) is 1.07. The Morgan fingerprint density at radius 2 is 2.12 bits per heavy atom. The van der Waals surface area contributed by atoms with Crippen molar-refractivity contribution < 1.29 is 0 Å². The largest absolute Gasteiger partial charge is 0.324 e. The van der Waals surface area contributed by atoms with Gasteiger partial charge in [-0.15, -0.1) is 11.8 Å². The van der Waals surface area contributed by atoms with E-state index >= 15 is 0 Å². The summed E-state index contributed by atoms with van der Waals surface area (Å²) in [6.07, 6.45) is 1.84. The molecule has 0 fully saturated rings. The van der Waals surface area contributed by atoms with Gasteiger partial charge in [0.1, 0.15) is 5.03 Å². The molecular weight excluding hydrogens is 230 g/mol. The number of nitrogens with zero attached hydrogens (tertiary/aromatic N) is 2. The Hall–Kier alpha value is -0.580. The van der Waals surface area contributed by atoms with E-state index in [-0.39, 0.29) is 6.04 Å². The first-order chi connectivity index (χ1) is 8.19. The van der Waals surface area contributed by atoms with Crippen molar-refractivity contribution in [2.75, 3.05) is 25.4 Å². The molecule has 1 unspecified atom stereocenters. The van der Waals surface area contributed by atoms with Crippen molar-refractivity contribution >= 4 is 11.8 Å². The van der Waals surface area contributed by atoms with Crippen molar-refractivity contribution in [3.63, 3.8) is 0 Å². The van der Waals surface area contributed by atoms with Crippen molar-refractivity contribution in [1.29, 1.82) is 0 Å². The molecule has 2 N–H and O–H groups in total. The molecule has 1 rings (SSSR count). The van der Waals surface area contributed by atoms with Gasteiger partial charge in [-0.3, -0.25) is 0 Å². The number of hydrogen-bond acceptors (Lipinski definition) is 4. The monoisotopic (exact) mass is 253 g/mol. The second kappa shape index (κ2) is 7.69. The Labute approximate surface area is 109 Å². The Morgan fingerprint density at radius 1 is 1.41 bits per heavy atom. The molecule has 0 aliphatic carbocycles. The molecule has 0 spiro atoms. The number of hydrogen-bond donors (Lipinski definition) is 1. The zero-order valence-corrected chi connectivity index (χ0v) is 11.8. The minimum Gasteiger partial charge on any atom is -0.324 e. The van der Waals surface area contributed by atoms with E-state index in [4.69, 9.17) is 5.73 Å². The van der Waals surface area contributed by atoms with Crippen LogP contribution < -0.4 is 5.73 Å². The van der Waals surface area contributed by atoms with E-state index in [2.05, 4.69) is 29.8 Å². The van der Waals surface area contributed by atoms with Crippen LogP contribution in [0.25, 0.3) is 0 Å². The number of thioether (sulfide) groups is 1. The fourth-order valence-corrected chi connectivity index (χ4v) is 2.78. The maximum absolute atomic E-state index is 5.93. The van der Waals surface area contributed by atoms with Crippen molar-refractivity contribution in [2.45, 2.75) is 31.8 Å². The molecule has 0 aliphatic heterocycles.